The summed E-state index contributed by atoms with van der Waals surface area (Å²) in [6.45, 7) is 4.17. The lowest BCUT2D eigenvalue weighted by molar-refractivity contribution is -0.135. The summed E-state index contributed by atoms with van der Waals surface area (Å²) in [5.74, 6) is 0.800. The maximum atomic E-state index is 12.4. The van der Waals surface area contributed by atoms with Crippen LogP contribution in [0.15, 0.2) is 24.3 Å². The monoisotopic (exact) mass is 288 g/mol. The first-order valence-corrected chi connectivity index (χ1v) is 7.39. The molecule has 1 N–H and O–H groups in total. The Morgan fingerprint density at radius 2 is 2.00 bits per heavy atom. The molecule has 2 amide bonds. The highest BCUT2D eigenvalue weighted by Gasteiger charge is 2.34. The van der Waals surface area contributed by atoms with E-state index in [4.69, 9.17) is 4.74 Å². The fourth-order valence-corrected chi connectivity index (χ4v) is 3.05. The Kier molecular flexibility index (Phi) is 3.57. The highest BCUT2D eigenvalue weighted by Crippen LogP contribution is 2.29. The van der Waals surface area contributed by atoms with Crippen LogP contribution in [0, 0.1) is 0 Å². The Bertz CT molecular complexity index is 547. The van der Waals surface area contributed by atoms with Gasteiger partial charge in [0.2, 0.25) is 11.8 Å². The molecule has 5 heteroatoms. The summed E-state index contributed by atoms with van der Waals surface area (Å²) in [5, 5.41) is 2.72. The Morgan fingerprint density at radius 1 is 1.24 bits per heavy atom. The lowest BCUT2D eigenvalue weighted by Gasteiger charge is -2.30. The first kappa shape index (κ1) is 13.9. The number of nitrogens with one attached hydrogen (secondary N) is 1. The van der Waals surface area contributed by atoms with E-state index in [1.54, 1.807) is 11.8 Å². The van der Waals surface area contributed by atoms with Gasteiger partial charge in [-0.25, -0.2) is 0 Å². The second kappa shape index (κ2) is 5.39. The lowest BCUT2D eigenvalue weighted by atomic mass is 10.1. The minimum Gasteiger partial charge on any atom is -0.488 e. The third-order valence-corrected chi connectivity index (χ3v) is 4.16. The first-order chi connectivity index (χ1) is 10.0. The third-order valence-electron chi connectivity index (χ3n) is 4.16. The zero-order valence-corrected chi connectivity index (χ0v) is 12.3. The van der Waals surface area contributed by atoms with Crippen LogP contribution >= 0.6 is 0 Å². The number of benzene rings is 1. The molecule has 3 atom stereocenters. The molecule has 2 aliphatic rings. The van der Waals surface area contributed by atoms with E-state index in [1.807, 2.05) is 25.1 Å². The van der Waals surface area contributed by atoms with E-state index in [0.717, 1.165) is 12.2 Å². The van der Waals surface area contributed by atoms with Crippen molar-refractivity contribution in [2.75, 3.05) is 6.54 Å². The Balaban J connectivity index is 1.72. The van der Waals surface area contributed by atoms with Crippen LogP contribution in [0.25, 0.3) is 0 Å². The molecular weight excluding hydrogens is 268 g/mol. The molecule has 0 spiro atoms. The predicted octanol–water partition coefficient (Wildman–Crippen LogP) is 1.12. The molecule has 2 aliphatic heterocycles. The number of nitrogens with zero attached hydrogens (tertiary/aromatic N) is 1. The summed E-state index contributed by atoms with van der Waals surface area (Å²) in [4.78, 5) is 25.9. The molecule has 21 heavy (non-hydrogen) atoms. The van der Waals surface area contributed by atoms with Gasteiger partial charge in [0, 0.05) is 18.9 Å². The van der Waals surface area contributed by atoms with Gasteiger partial charge in [-0.1, -0.05) is 18.2 Å². The summed E-state index contributed by atoms with van der Waals surface area (Å²) < 4.78 is 5.91. The van der Waals surface area contributed by atoms with Crippen molar-refractivity contribution in [3.63, 3.8) is 0 Å². The van der Waals surface area contributed by atoms with E-state index in [1.165, 1.54) is 5.56 Å². The van der Waals surface area contributed by atoms with E-state index in [2.05, 4.69) is 11.4 Å². The van der Waals surface area contributed by atoms with Crippen molar-refractivity contribution in [1.82, 2.24) is 10.2 Å². The summed E-state index contributed by atoms with van der Waals surface area (Å²) >= 11 is 0. The number of para-hydroxylation sites is 1. The maximum absolute atomic E-state index is 12.4. The van der Waals surface area contributed by atoms with Crippen molar-refractivity contribution in [3.8, 4) is 5.75 Å². The van der Waals surface area contributed by atoms with Crippen LogP contribution in [0.1, 0.15) is 25.8 Å². The minimum atomic E-state index is -0.466. The quantitative estimate of drug-likeness (QED) is 0.887. The highest BCUT2D eigenvalue weighted by atomic mass is 16.5. The number of carbonyl (C=O) groups is 2. The first-order valence-electron chi connectivity index (χ1n) is 7.39. The van der Waals surface area contributed by atoms with Gasteiger partial charge in [0.05, 0.1) is 6.54 Å². The normalized spacial score (nSPS) is 28.7. The Morgan fingerprint density at radius 3 is 2.76 bits per heavy atom. The summed E-state index contributed by atoms with van der Waals surface area (Å²) in [6, 6.07) is 7.38. The van der Waals surface area contributed by atoms with Crippen LogP contribution < -0.4 is 10.1 Å². The molecule has 3 rings (SSSR count). The molecule has 0 aliphatic carbocycles. The van der Waals surface area contributed by atoms with Gasteiger partial charge >= 0.3 is 0 Å². The molecule has 1 saturated heterocycles. The number of hydrogen-bond donors (Lipinski definition) is 1. The smallest absolute Gasteiger partial charge is 0.245 e. The van der Waals surface area contributed by atoms with Gasteiger partial charge < -0.3 is 15.0 Å². The van der Waals surface area contributed by atoms with Gasteiger partial charge in [-0.05, 0) is 25.5 Å². The maximum Gasteiger partial charge on any atom is 0.245 e. The second-order valence-corrected chi connectivity index (χ2v) is 5.88. The summed E-state index contributed by atoms with van der Waals surface area (Å²) in [7, 11) is 0. The Hall–Kier alpha value is -2.04. The van der Waals surface area contributed by atoms with Gasteiger partial charge in [0.25, 0.3) is 0 Å². The molecule has 5 nitrogen and oxygen atoms in total. The van der Waals surface area contributed by atoms with Crippen molar-refractivity contribution < 1.29 is 14.3 Å². The van der Waals surface area contributed by atoms with Crippen LogP contribution in [-0.2, 0) is 16.0 Å². The molecule has 0 aromatic heterocycles. The third kappa shape index (κ3) is 2.73. The van der Waals surface area contributed by atoms with Gasteiger partial charge in [0.1, 0.15) is 17.9 Å². The van der Waals surface area contributed by atoms with Crippen LogP contribution in [0.4, 0.5) is 0 Å². The predicted molar refractivity (Wildman–Crippen MR) is 78.0 cm³/mol. The molecule has 1 aromatic rings. The fourth-order valence-electron chi connectivity index (χ4n) is 3.05. The van der Waals surface area contributed by atoms with Crippen molar-refractivity contribution in [1.29, 1.82) is 0 Å². The highest BCUT2D eigenvalue weighted by molar-refractivity contribution is 5.90. The van der Waals surface area contributed by atoms with Gasteiger partial charge in [-0.2, -0.15) is 0 Å². The van der Waals surface area contributed by atoms with E-state index < -0.39 is 6.04 Å². The standard InChI is InChI=1S/C16H20N2O3/c1-10-7-15(19)17-11(2)16(20)18(10)9-13-8-12-5-3-4-6-14(12)21-13/h3-6,10-11,13H,7-9H2,1-2H3,(H,17,19). The number of fused-ring (bicyclic) bond motifs is 1. The van der Waals surface area contributed by atoms with Crippen LogP contribution in [0.5, 0.6) is 5.75 Å². The molecule has 0 saturated carbocycles. The van der Waals surface area contributed by atoms with Crippen LogP contribution in [0.2, 0.25) is 0 Å². The number of ether oxygens (including phenoxy) is 1. The van der Waals surface area contributed by atoms with Crippen LogP contribution in [0.3, 0.4) is 0 Å². The second-order valence-electron chi connectivity index (χ2n) is 5.88. The van der Waals surface area contributed by atoms with Crippen LogP contribution in [-0.4, -0.2) is 41.4 Å². The summed E-state index contributed by atoms with van der Waals surface area (Å²) in [5.41, 5.74) is 1.18. The molecule has 2 heterocycles. The van der Waals surface area contributed by atoms with Gasteiger partial charge in [0.15, 0.2) is 0 Å². The number of hydrogen-bond acceptors (Lipinski definition) is 3. The molecule has 1 aromatic carbocycles. The number of carbonyl (C=O) groups excluding carboxylic acids is 2. The largest absolute Gasteiger partial charge is 0.488 e. The molecule has 0 radical (unpaired) electrons. The molecule has 1 fully saturated rings. The number of amides is 2. The molecule has 3 unspecified atom stereocenters. The molecule has 0 bridgehead atoms. The van der Waals surface area contributed by atoms with Crippen molar-refractivity contribution >= 4 is 11.8 Å². The van der Waals surface area contributed by atoms with Crippen molar-refractivity contribution in [2.24, 2.45) is 0 Å². The zero-order chi connectivity index (χ0) is 15.0. The van der Waals surface area contributed by atoms with Crippen molar-refractivity contribution in [2.45, 2.75) is 44.9 Å². The Labute approximate surface area is 124 Å². The van der Waals surface area contributed by atoms with Crippen molar-refractivity contribution in [3.05, 3.63) is 29.8 Å². The minimum absolute atomic E-state index is 0.0331. The van der Waals surface area contributed by atoms with Gasteiger partial charge in [-0.3, -0.25) is 9.59 Å². The summed E-state index contributed by atoms with van der Waals surface area (Å²) in [6.07, 6.45) is 1.12. The van der Waals surface area contributed by atoms with E-state index in [-0.39, 0.29) is 24.0 Å². The average molecular weight is 288 g/mol. The van der Waals surface area contributed by atoms with E-state index in [9.17, 15) is 9.59 Å². The SMILES string of the molecule is CC1NC(=O)CC(C)N(CC2Cc3ccccc3O2)C1=O. The van der Waals surface area contributed by atoms with Gasteiger partial charge in [-0.15, -0.1) is 0 Å². The number of rotatable bonds is 2. The lowest BCUT2D eigenvalue weighted by Crippen LogP contribution is -2.48. The van der Waals surface area contributed by atoms with E-state index in [0.29, 0.717) is 13.0 Å². The fraction of sp³-hybridized carbons (Fsp3) is 0.500. The molecular formula is C16H20N2O3. The topological polar surface area (TPSA) is 58.6 Å². The molecule has 112 valence electrons. The zero-order valence-electron chi connectivity index (χ0n) is 12.3. The average Bonchev–Trinajstić information content (AvgIpc) is 2.82. The van der Waals surface area contributed by atoms with E-state index >= 15 is 0 Å².